The van der Waals surface area contributed by atoms with Crippen molar-refractivity contribution in [2.45, 2.75) is 52.1 Å². The summed E-state index contributed by atoms with van der Waals surface area (Å²) in [7, 11) is 0. The van der Waals surface area contributed by atoms with Crippen molar-refractivity contribution in [3.05, 3.63) is 0 Å². The molecule has 0 aromatic carbocycles. The molecule has 0 radical (unpaired) electrons. The fourth-order valence-corrected chi connectivity index (χ4v) is 1.48. The third-order valence-electron chi connectivity index (χ3n) is 1.91. The van der Waals surface area contributed by atoms with Gasteiger partial charge in [-0.05, 0) is 12.8 Å². The molecule has 0 rings (SSSR count). The fraction of sp³-hybridized carbons (Fsp3) is 0.727. The van der Waals surface area contributed by atoms with Crippen LogP contribution in [-0.2, 0) is 9.53 Å². The summed E-state index contributed by atoms with van der Waals surface area (Å²) in [6.07, 6.45) is 8.75. The molecule has 0 aliphatic carbocycles. The lowest BCUT2D eigenvalue weighted by Gasteiger charge is -2.27. The summed E-state index contributed by atoms with van der Waals surface area (Å²) in [6, 6.07) is 0. The van der Waals surface area contributed by atoms with Crippen LogP contribution in [0.4, 0.5) is 0 Å². The lowest BCUT2D eigenvalue weighted by molar-refractivity contribution is -0.152. The molecule has 0 saturated heterocycles. The van der Waals surface area contributed by atoms with Gasteiger partial charge in [-0.25, -0.2) is 0 Å². The van der Waals surface area contributed by atoms with E-state index in [1.165, 1.54) is 6.92 Å². The number of carbonyl (C=O) groups is 1. The lowest BCUT2D eigenvalue weighted by atomic mass is 9.93. The van der Waals surface area contributed by atoms with Gasteiger partial charge in [-0.3, -0.25) is 4.79 Å². The molecule has 2 heteroatoms. The molecule has 74 valence electrons. The van der Waals surface area contributed by atoms with Crippen molar-refractivity contribution in [2.75, 3.05) is 0 Å². The zero-order valence-corrected chi connectivity index (χ0v) is 8.72. The van der Waals surface area contributed by atoms with Crippen molar-refractivity contribution < 1.29 is 9.53 Å². The summed E-state index contributed by atoms with van der Waals surface area (Å²) in [4.78, 5) is 10.9. The number of hydrogen-bond donors (Lipinski definition) is 0. The maximum absolute atomic E-state index is 10.9. The van der Waals surface area contributed by atoms with Crippen molar-refractivity contribution >= 4 is 5.97 Å². The normalized spacial score (nSPS) is 10.6. The van der Waals surface area contributed by atoms with E-state index in [1.807, 2.05) is 13.8 Å². The van der Waals surface area contributed by atoms with Crippen molar-refractivity contribution in [1.29, 1.82) is 0 Å². The van der Waals surface area contributed by atoms with Crippen LogP contribution in [-0.4, -0.2) is 11.6 Å². The first-order valence-corrected chi connectivity index (χ1v) is 4.77. The second-order valence-corrected chi connectivity index (χ2v) is 3.23. The number of hydrogen-bond acceptors (Lipinski definition) is 2. The van der Waals surface area contributed by atoms with Gasteiger partial charge in [-0.2, -0.15) is 0 Å². The summed E-state index contributed by atoms with van der Waals surface area (Å²) < 4.78 is 5.19. The van der Waals surface area contributed by atoms with Gasteiger partial charge in [0.15, 0.2) is 5.60 Å². The summed E-state index contributed by atoms with van der Waals surface area (Å²) in [5.74, 6) is 2.31. The molecule has 0 aliphatic rings. The van der Waals surface area contributed by atoms with Crippen molar-refractivity contribution in [3.63, 3.8) is 0 Å². The highest BCUT2D eigenvalue weighted by Crippen LogP contribution is 2.23. The Kier molecular flexibility index (Phi) is 5.22. The molecular formula is C11H18O2. The Morgan fingerprint density at radius 3 is 2.08 bits per heavy atom. The molecule has 0 aromatic heterocycles. The average Bonchev–Trinajstić information content (AvgIpc) is 2.04. The summed E-state index contributed by atoms with van der Waals surface area (Å²) in [5, 5.41) is 0. The standard InChI is InChI=1S/C11H18O2/c1-5-8-11(7-3,9-6-2)13-10(4)12/h3H,5-6,8-9H2,1-2,4H3. The maximum atomic E-state index is 10.9. The van der Waals surface area contributed by atoms with E-state index in [0.717, 1.165) is 25.7 Å². The van der Waals surface area contributed by atoms with E-state index in [9.17, 15) is 4.79 Å². The van der Waals surface area contributed by atoms with Gasteiger partial charge in [0, 0.05) is 6.92 Å². The van der Waals surface area contributed by atoms with Crippen LogP contribution in [0.3, 0.4) is 0 Å². The first kappa shape index (κ1) is 12.0. The highest BCUT2D eigenvalue weighted by Gasteiger charge is 2.28. The average molecular weight is 182 g/mol. The third kappa shape index (κ3) is 3.98. The minimum absolute atomic E-state index is 0.292. The van der Waals surface area contributed by atoms with Crippen LogP contribution in [0.2, 0.25) is 0 Å². The van der Waals surface area contributed by atoms with E-state index < -0.39 is 5.60 Å². The monoisotopic (exact) mass is 182 g/mol. The Labute approximate surface area is 80.7 Å². The molecule has 0 saturated carbocycles. The van der Waals surface area contributed by atoms with Gasteiger partial charge in [0.2, 0.25) is 0 Å². The second kappa shape index (κ2) is 5.64. The van der Waals surface area contributed by atoms with Gasteiger partial charge in [0.05, 0.1) is 0 Å². The van der Waals surface area contributed by atoms with Gasteiger partial charge >= 0.3 is 5.97 Å². The first-order chi connectivity index (χ1) is 6.10. The van der Waals surface area contributed by atoms with Crippen LogP contribution in [0.25, 0.3) is 0 Å². The van der Waals surface area contributed by atoms with Crippen LogP contribution in [0.1, 0.15) is 46.5 Å². The Balaban J connectivity index is 4.45. The highest BCUT2D eigenvalue weighted by atomic mass is 16.6. The zero-order valence-electron chi connectivity index (χ0n) is 8.72. The van der Waals surface area contributed by atoms with Crippen LogP contribution >= 0.6 is 0 Å². The summed E-state index contributed by atoms with van der Waals surface area (Å²) >= 11 is 0. The Hall–Kier alpha value is -0.970. The second-order valence-electron chi connectivity index (χ2n) is 3.23. The maximum Gasteiger partial charge on any atom is 0.304 e. The molecule has 13 heavy (non-hydrogen) atoms. The minimum Gasteiger partial charge on any atom is -0.446 e. The molecule has 0 atom stereocenters. The molecule has 0 aliphatic heterocycles. The van der Waals surface area contributed by atoms with Gasteiger partial charge < -0.3 is 4.74 Å². The number of rotatable bonds is 5. The summed E-state index contributed by atoms with van der Waals surface area (Å²) in [6.45, 7) is 5.47. The Bertz CT molecular complexity index is 195. The van der Waals surface area contributed by atoms with E-state index in [2.05, 4.69) is 5.92 Å². The quantitative estimate of drug-likeness (QED) is 0.482. The van der Waals surface area contributed by atoms with Crippen molar-refractivity contribution in [1.82, 2.24) is 0 Å². The SMILES string of the molecule is C#CC(CCC)(CCC)OC(C)=O. The molecule has 0 heterocycles. The minimum atomic E-state index is -0.657. The largest absolute Gasteiger partial charge is 0.446 e. The molecule has 0 unspecified atom stereocenters. The van der Waals surface area contributed by atoms with E-state index in [1.54, 1.807) is 0 Å². The Morgan fingerprint density at radius 1 is 1.38 bits per heavy atom. The molecule has 0 N–H and O–H groups in total. The molecule has 0 amide bonds. The molecule has 0 fully saturated rings. The third-order valence-corrected chi connectivity index (χ3v) is 1.91. The van der Waals surface area contributed by atoms with Crippen LogP contribution in [0.15, 0.2) is 0 Å². The first-order valence-electron chi connectivity index (χ1n) is 4.77. The van der Waals surface area contributed by atoms with E-state index >= 15 is 0 Å². The topological polar surface area (TPSA) is 26.3 Å². The van der Waals surface area contributed by atoms with Gasteiger partial charge in [0.25, 0.3) is 0 Å². The number of ether oxygens (including phenoxy) is 1. The zero-order chi connectivity index (χ0) is 10.3. The molecule has 2 nitrogen and oxygen atoms in total. The van der Waals surface area contributed by atoms with Gasteiger partial charge in [0.1, 0.15) is 0 Å². The molecule has 0 aromatic rings. The number of carbonyl (C=O) groups excluding carboxylic acids is 1. The van der Waals surface area contributed by atoms with Crippen molar-refractivity contribution in [3.8, 4) is 12.3 Å². The predicted octanol–water partition coefficient (Wildman–Crippen LogP) is 2.52. The number of terminal acetylenes is 1. The number of esters is 1. The smallest absolute Gasteiger partial charge is 0.304 e. The summed E-state index contributed by atoms with van der Waals surface area (Å²) in [5.41, 5.74) is -0.657. The molecule has 0 bridgehead atoms. The van der Waals surface area contributed by atoms with E-state index in [0.29, 0.717) is 0 Å². The lowest BCUT2D eigenvalue weighted by Crippen LogP contribution is -2.32. The Morgan fingerprint density at radius 2 is 1.85 bits per heavy atom. The van der Waals surface area contributed by atoms with Crippen LogP contribution in [0, 0.1) is 12.3 Å². The molecule has 0 spiro atoms. The highest BCUT2D eigenvalue weighted by molar-refractivity contribution is 5.67. The van der Waals surface area contributed by atoms with Gasteiger partial charge in [-0.15, -0.1) is 6.42 Å². The molecular weight excluding hydrogens is 164 g/mol. The van der Waals surface area contributed by atoms with Crippen LogP contribution < -0.4 is 0 Å². The van der Waals surface area contributed by atoms with E-state index in [4.69, 9.17) is 11.2 Å². The predicted molar refractivity (Wildman–Crippen MR) is 53.1 cm³/mol. The van der Waals surface area contributed by atoms with Crippen LogP contribution in [0.5, 0.6) is 0 Å². The van der Waals surface area contributed by atoms with Gasteiger partial charge in [-0.1, -0.05) is 32.6 Å². The fourth-order valence-electron chi connectivity index (χ4n) is 1.48. The van der Waals surface area contributed by atoms with Crippen molar-refractivity contribution in [2.24, 2.45) is 0 Å². The van der Waals surface area contributed by atoms with E-state index in [-0.39, 0.29) is 5.97 Å².